The maximum absolute atomic E-state index is 4.25. The summed E-state index contributed by atoms with van der Waals surface area (Å²) in [4.78, 5) is 4.02. The van der Waals surface area contributed by atoms with Gasteiger partial charge in [-0.05, 0) is 12.1 Å². The van der Waals surface area contributed by atoms with Crippen LogP contribution in [0.4, 0.5) is 0 Å². The van der Waals surface area contributed by atoms with Crippen LogP contribution in [0.1, 0.15) is 6.04 Å². The highest BCUT2D eigenvalue weighted by molar-refractivity contribution is 9.09. The highest BCUT2D eigenvalue weighted by atomic mass is 79.9. The van der Waals surface area contributed by atoms with E-state index in [2.05, 4.69) is 35.7 Å². The van der Waals surface area contributed by atoms with Crippen molar-refractivity contribution in [1.82, 2.24) is 19.7 Å². The fourth-order valence-corrected chi connectivity index (χ4v) is 3.66. The second kappa shape index (κ2) is 4.18. The molecule has 1 atom stereocenters. The second-order valence-electron chi connectivity index (χ2n) is 3.53. The maximum atomic E-state index is 4.25. The van der Waals surface area contributed by atoms with Gasteiger partial charge in [0.05, 0.1) is 6.04 Å². The van der Waals surface area contributed by atoms with E-state index in [1.807, 2.05) is 12.1 Å². The van der Waals surface area contributed by atoms with Gasteiger partial charge in [-0.15, -0.1) is 10.2 Å². The van der Waals surface area contributed by atoms with Gasteiger partial charge in [-0.3, -0.25) is 9.55 Å². The lowest BCUT2D eigenvalue weighted by atomic mass is 10.2. The fraction of sp³-hybridized carbons (Fsp3) is 0.300. The van der Waals surface area contributed by atoms with Gasteiger partial charge in [-0.2, -0.15) is 0 Å². The van der Waals surface area contributed by atoms with Crippen LogP contribution in [-0.2, 0) is 0 Å². The first-order valence-corrected chi connectivity index (χ1v) is 7.05. The molecular formula is C10H9BrN4S. The Labute approximate surface area is 106 Å². The lowest BCUT2D eigenvalue weighted by Gasteiger charge is -2.10. The Kier molecular flexibility index (Phi) is 2.69. The Morgan fingerprint density at radius 1 is 1.38 bits per heavy atom. The summed E-state index contributed by atoms with van der Waals surface area (Å²) in [6, 6.07) is 4.37. The van der Waals surface area contributed by atoms with Gasteiger partial charge in [0.25, 0.3) is 0 Å². The molecule has 0 N–H and O–H groups in total. The fourth-order valence-electron chi connectivity index (χ4n) is 1.76. The Hall–Kier alpha value is -0.880. The van der Waals surface area contributed by atoms with Crippen molar-refractivity contribution in [3.63, 3.8) is 0 Å². The number of halogens is 1. The normalized spacial score (nSPS) is 18.7. The highest BCUT2D eigenvalue weighted by Crippen LogP contribution is 2.36. The maximum Gasteiger partial charge on any atom is 0.191 e. The summed E-state index contributed by atoms with van der Waals surface area (Å²) in [5.74, 6) is 2.00. The molecule has 82 valence electrons. The quantitative estimate of drug-likeness (QED) is 0.798. The van der Waals surface area contributed by atoms with E-state index in [9.17, 15) is 0 Å². The van der Waals surface area contributed by atoms with Crippen LogP contribution >= 0.6 is 27.7 Å². The van der Waals surface area contributed by atoms with Crippen LogP contribution in [0.3, 0.4) is 0 Å². The summed E-state index contributed by atoms with van der Waals surface area (Å²) in [5.41, 5.74) is 1.07. The second-order valence-corrected chi connectivity index (χ2v) is 5.17. The van der Waals surface area contributed by atoms with Gasteiger partial charge < -0.3 is 0 Å². The molecule has 0 spiro atoms. The number of hydrogen-bond donors (Lipinski definition) is 0. The van der Waals surface area contributed by atoms with Gasteiger partial charge in [-0.25, -0.2) is 0 Å². The predicted octanol–water partition coefficient (Wildman–Crippen LogP) is 2.38. The molecule has 4 nitrogen and oxygen atoms in total. The average Bonchev–Trinajstić information content (AvgIpc) is 2.90. The van der Waals surface area contributed by atoms with E-state index in [-0.39, 0.29) is 0 Å². The number of hydrogen-bond acceptors (Lipinski definition) is 4. The van der Waals surface area contributed by atoms with Crippen LogP contribution in [0.25, 0.3) is 11.4 Å². The van der Waals surface area contributed by atoms with Crippen molar-refractivity contribution >= 4 is 27.7 Å². The van der Waals surface area contributed by atoms with E-state index in [1.165, 1.54) is 0 Å². The Morgan fingerprint density at radius 2 is 2.19 bits per heavy atom. The van der Waals surface area contributed by atoms with Gasteiger partial charge >= 0.3 is 0 Å². The molecule has 0 unspecified atom stereocenters. The van der Waals surface area contributed by atoms with Crippen molar-refractivity contribution in [1.29, 1.82) is 0 Å². The van der Waals surface area contributed by atoms with Crippen molar-refractivity contribution in [2.45, 2.75) is 11.2 Å². The van der Waals surface area contributed by atoms with Crippen LogP contribution < -0.4 is 0 Å². The first-order chi connectivity index (χ1) is 7.90. The van der Waals surface area contributed by atoms with Crippen molar-refractivity contribution in [3.8, 4) is 11.4 Å². The SMILES string of the molecule is BrC[C@H]1CSc2nnc(-c3ccncc3)n21. The summed E-state index contributed by atoms with van der Waals surface area (Å²) in [6.45, 7) is 0. The zero-order valence-corrected chi connectivity index (χ0v) is 10.8. The Morgan fingerprint density at radius 3 is 2.94 bits per heavy atom. The van der Waals surface area contributed by atoms with Crippen LogP contribution in [0.2, 0.25) is 0 Å². The molecule has 3 heterocycles. The van der Waals surface area contributed by atoms with E-state index in [4.69, 9.17) is 0 Å². The number of nitrogens with zero attached hydrogens (tertiary/aromatic N) is 4. The third kappa shape index (κ3) is 1.56. The zero-order valence-electron chi connectivity index (χ0n) is 8.38. The average molecular weight is 297 g/mol. The monoisotopic (exact) mass is 296 g/mol. The molecular weight excluding hydrogens is 288 g/mol. The van der Waals surface area contributed by atoms with Crippen LogP contribution in [0, 0.1) is 0 Å². The van der Waals surface area contributed by atoms with Gasteiger partial charge in [0.15, 0.2) is 11.0 Å². The smallest absolute Gasteiger partial charge is 0.191 e. The van der Waals surface area contributed by atoms with E-state index in [0.717, 1.165) is 27.6 Å². The lowest BCUT2D eigenvalue weighted by molar-refractivity contribution is 0.600. The molecule has 0 radical (unpaired) electrons. The molecule has 0 aliphatic carbocycles. The molecule has 0 saturated carbocycles. The summed E-state index contributed by atoms with van der Waals surface area (Å²) >= 11 is 5.30. The van der Waals surface area contributed by atoms with Gasteiger partial charge in [0.2, 0.25) is 0 Å². The molecule has 3 rings (SSSR count). The van der Waals surface area contributed by atoms with Crippen molar-refractivity contribution < 1.29 is 0 Å². The van der Waals surface area contributed by atoms with E-state index >= 15 is 0 Å². The molecule has 0 aromatic carbocycles. The van der Waals surface area contributed by atoms with Gasteiger partial charge in [0, 0.05) is 29.0 Å². The number of fused-ring (bicyclic) bond motifs is 1. The summed E-state index contributed by atoms with van der Waals surface area (Å²) < 4.78 is 2.20. The first-order valence-electron chi connectivity index (χ1n) is 4.94. The summed E-state index contributed by atoms with van der Waals surface area (Å²) in [6.07, 6.45) is 3.56. The number of aromatic nitrogens is 4. The summed E-state index contributed by atoms with van der Waals surface area (Å²) in [5, 5.41) is 10.4. The number of pyridine rings is 1. The Bertz CT molecular complexity index is 499. The molecule has 1 aliphatic heterocycles. The minimum Gasteiger partial charge on any atom is -0.297 e. The number of alkyl halides is 1. The predicted molar refractivity (Wildman–Crippen MR) is 66.8 cm³/mol. The van der Waals surface area contributed by atoms with Crippen LogP contribution in [0.5, 0.6) is 0 Å². The first kappa shape index (κ1) is 10.3. The summed E-state index contributed by atoms with van der Waals surface area (Å²) in [7, 11) is 0. The van der Waals surface area contributed by atoms with E-state index in [0.29, 0.717) is 6.04 Å². The van der Waals surface area contributed by atoms with Crippen LogP contribution in [-0.4, -0.2) is 30.8 Å². The molecule has 0 fully saturated rings. The molecule has 6 heteroatoms. The van der Waals surface area contributed by atoms with Crippen LogP contribution in [0.15, 0.2) is 29.7 Å². The zero-order chi connectivity index (χ0) is 11.0. The highest BCUT2D eigenvalue weighted by Gasteiger charge is 2.27. The minimum absolute atomic E-state index is 0.443. The number of rotatable bonds is 2. The molecule has 0 amide bonds. The molecule has 0 bridgehead atoms. The molecule has 2 aromatic rings. The topological polar surface area (TPSA) is 43.6 Å². The van der Waals surface area contributed by atoms with E-state index in [1.54, 1.807) is 24.2 Å². The third-order valence-electron chi connectivity index (χ3n) is 2.55. The van der Waals surface area contributed by atoms with Crippen molar-refractivity contribution in [2.24, 2.45) is 0 Å². The largest absolute Gasteiger partial charge is 0.297 e. The molecule has 1 aliphatic rings. The molecule has 2 aromatic heterocycles. The van der Waals surface area contributed by atoms with E-state index < -0.39 is 0 Å². The van der Waals surface area contributed by atoms with Crippen molar-refractivity contribution in [3.05, 3.63) is 24.5 Å². The van der Waals surface area contributed by atoms with Gasteiger partial charge in [-0.1, -0.05) is 27.7 Å². The lowest BCUT2D eigenvalue weighted by Crippen LogP contribution is -2.09. The molecule has 16 heavy (non-hydrogen) atoms. The third-order valence-corrected chi connectivity index (χ3v) is 4.39. The van der Waals surface area contributed by atoms with Gasteiger partial charge in [0.1, 0.15) is 0 Å². The van der Waals surface area contributed by atoms with Crippen molar-refractivity contribution in [2.75, 3.05) is 11.1 Å². The Balaban J connectivity index is 2.10. The molecule has 0 saturated heterocycles. The standard InChI is InChI=1S/C10H9BrN4S/c11-5-8-6-16-10-14-13-9(15(8)10)7-1-3-12-4-2-7/h1-4,8H,5-6H2/t8-/m0/s1. The number of thioether (sulfide) groups is 1. The minimum atomic E-state index is 0.443.